The first-order chi connectivity index (χ1) is 6.91. The maximum atomic E-state index is 10.8. The van der Waals surface area contributed by atoms with Gasteiger partial charge in [0.1, 0.15) is 11.4 Å². The van der Waals surface area contributed by atoms with Crippen LogP contribution in [-0.2, 0) is 0 Å². The van der Waals surface area contributed by atoms with E-state index in [2.05, 4.69) is 0 Å². The van der Waals surface area contributed by atoms with Crippen LogP contribution in [-0.4, -0.2) is 12.0 Å². The third-order valence-electron chi connectivity index (χ3n) is 2.39. The number of hydrogen-bond donors (Lipinski definition) is 2. The first-order valence-electron chi connectivity index (χ1n) is 4.28. The van der Waals surface area contributed by atoms with Gasteiger partial charge in [-0.25, -0.2) is 0 Å². The lowest BCUT2D eigenvalue weighted by atomic mass is 10.0. The summed E-state index contributed by atoms with van der Waals surface area (Å²) in [6.07, 6.45) is 0. The Balaban J connectivity index is 3.66. The molecule has 6 heteroatoms. The van der Waals surface area contributed by atoms with Crippen molar-refractivity contribution in [1.82, 2.24) is 0 Å². The van der Waals surface area contributed by atoms with Crippen LogP contribution in [0.2, 0.25) is 0 Å². The molecule has 1 aromatic rings. The number of nitro benzene ring substituents is 1. The summed E-state index contributed by atoms with van der Waals surface area (Å²) >= 11 is 0. The lowest BCUT2D eigenvalue weighted by Crippen LogP contribution is -2.06. The number of nitrogens with zero attached hydrogens (tertiary/aromatic N) is 1. The first kappa shape index (κ1) is 11.1. The predicted octanol–water partition coefficient (Wildman–Crippen LogP) is 1.38. The third kappa shape index (κ3) is 1.54. The summed E-state index contributed by atoms with van der Waals surface area (Å²) in [6.45, 7) is 3.18. The average molecular weight is 211 g/mol. The van der Waals surface area contributed by atoms with E-state index in [9.17, 15) is 10.1 Å². The third-order valence-corrected chi connectivity index (χ3v) is 2.39. The second kappa shape index (κ2) is 3.64. The predicted molar refractivity (Wildman–Crippen MR) is 57.9 cm³/mol. The molecule has 82 valence electrons. The second-order valence-corrected chi connectivity index (χ2v) is 3.22. The van der Waals surface area contributed by atoms with E-state index in [1.807, 2.05) is 0 Å². The van der Waals surface area contributed by atoms with Crippen LogP contribution in [0.5, 0.6) is 5.75 Å². The Morgan fingerprint density at radius 2 is 1.73 bits per heavy atom. The summed E-state index contributed by atoms with van der Waals surface area (Å²) in [6, 6.07) is 0. The SMILES string of the molecule is COc1c(C)c(N)c([N+](=O)[O-])c(C)c1N. The molecule has 4 N–H and O–H groups in total. The van der Waals surface area contributed by atoms with Crippen LogP contribution in [0.25, 0.3) is 0 Å². The van der Waals surface area contributed by atoms with Gasteiger partial charge in [-0.15, -0.1) is 0 Å². The minimum Gasteiger partial charge on any atom is -0.494 e. The number of benzene rings is 1. The largest absolute Gasteiger partial charge is 0.494 e. The van der Waals surface area contributed by atoms with Crippen molar-refractivity contribution in [2.24, 2.45) is 0 Å². The quantitative estimate of drug-likeness (QED) is 0.437. The van der Waals surface area contributed by atoms with Crippen molar-refractivity contribution in [2.75, 3.05) is 18.6 Å². The number of methoxy groups -OCH3 is 1. The number of ether oxygens (including phenoxy) is 1. The van der Waals surface area contributed by atoms with Crippen molar-refractivity contribution in [2.45, 2.75) is 13.8 Å². The Morgan fingerprint density at radius 1 is 1.20 bits per heavy atom. The summed E-state index contributed by atoms with van der Waals surface area (Å²) < 4.78 is 5.04. The highest BCUT2D eigenvalue weighted by molar-refractivity contribution is 5.80. The highest BCUT2D eigenvalue weighted by atomic mass is 16.6. The molecule has 0 saturated carbocycles. The number of anilines is 2. The molecule has 0 unspecified atom stereocenters. The van der Waals surface area contributed by atoms with Crippen molar-refractivity contribution in [3.05, 3.63) is 21.2 Å². The fourth-order valence-corrected chi connectivity index (χ4v) is 1.50. The Kier molecular flexibility index (Phi) is 2.69. The normalized spacial score (nSPS) is 10.1. The number of hydrogen-bond acceptors (Lipinski definition) is 5. The summed E-state index contributed by atoms with van der Waals surface area (Å²) in [5.41, 5.74) is 12.4. The second-order valence-electron chi connectivity index (χ2n) is 3.22. The topological polar surface area (TPSA) is 104 Å². The van der Waals surface area contributed by atoms with Crippen molar-refractivity contribution < 1.29 is 9.66 Å². The number of rotatable bonds is 2. The van der Waals surface area contributed by atoms with Gasteiger partial charge in [-0.1, -0.05) is 0 Å². The van der Waals surface area contributed by atoms with E-state index < -0.39 is 4.92 Å². The molecule has 1 rings (SSSR count). The summed E-state index contributed by atoms with van der Waals surface area (Å²) in [5.74, 6) is 0.399. The van der Waals surface area contributed by atoms with E-state index in [-0.39, 0.29) is 17.1 Å². The van der Waals surface area contributed by atoms with Gasteiger partial charge in [0.2, 0.25) is 0 Å². The first-order valence-corrected chi connectivity index (χ1v) is 4.28. The van der Waals surface area contributed by atoms with Gasteiger partial charge in [0.25, 0.3) is 5.69 Å². The van der Waals surface area contributed by atoms with Crippen molar-refractivity contribution in [3.8, 4) is 5.75 Å². The molecule has 15 heavy (non-hydrogen) atoms. The van der Waals surface area contributed by atoms with E-state index in [0.29, 0.717) is 16.9 Å². The van der Waals surface area contributed by atoms with Crippen LogP contribution in [0.4, 0.5) is 17.1 Å². The summed E-state index contributed by atoms with van der Waals surface area (Å²) in [7, 11) is 1.45. The molecule has 0 bridgehead atoms. The summed E-state index contributed by atoms with van der Waals surface area (Å²) in [5, 5.41) is 10.8. The lowest BCUT2D eigenvalue weighted by molar-refractivity contribution is -0.384. The molecule has 0 saturated heterocycles. The smallest absolute Gasteiger partial charge is 0.297 e. The van der Waals surface area contributed by atoms with Crippen molar-refractivity contribution in [3.63, 3.8) is 0 Å². The minimum absolute atomic E-state index is 0.101. The molecule has 0 aliphatic heterocycles. The number of nitrogens with two attached hydrogens (primary N) is 2. The fraction of sp³-hybridized carbons (Fsp3) is 0.333. The molecule has 0 aliphatic rings. The maximum Gasteiger partial charge on any atom is 0.297 e. The standard InChI is InChI=1S/C9H13N3O3/c1-4-7(11)9(15-3)5(2)6(10)8(4)12(13)14/h10-11H2,1-3H3. The molecular weight excluding hydrogens is 198 g/mol. The molecule has 0 radical (unpaired) electrons. The molecule has 0 aliphatic carbocycles. The molecule has 0 atom stereocenters. The fourth-order valence-electron chi connectivity index (χ4n) is 1.50. The van der Waals surface area contributed by atoms with Gasteiger partial charge >= 0.3 is 0 Å². The monoisotopic (exact) mass is 211 g/mol. The van der Waals surface area contributed by atoms with Gasteiger partial charge < -0.3 is 16.2 Å². The van der Waals surface area contributed by atoms with Gasteiger partial charge in [-0.2, -0.15) is 0 Å². The highest BCUT2D eigenvalue weighted by Crippen LogP contribution is 2.41. The van der Waals surface area contributed by atoms with Gasteiger partial charge in [0.15, 0.2) is 0 Å². The molecular formula is C9H13N3O3. The molecule has 0 aromatic heterocycles. The number of nitrogen functional groups attached to an aromatic ring is 2. The Labute approximate surface area is 87.0 Å². The zero-order chi connectivity index (χ0) is 11.7. The van der Waals surface area contributed by atoms with Gasteiger partial charge in [0.05, 0.1) is 23.3 Å². The van der Waals surface area contributed by atoms with Crippen LogP contribution in [0.15, 0.2) is 0 Å². The Bertz CT molecular complexity index is 400. The van der Waals surface area contributed by atoms with Crippen LogP contribution in [0.1, 0.15) is 11.1 Å². The van der Waals surface area contributed by atoms with E-state index >= 15 is 0 Å². The summed E-state index contributed by atoms with van der Waals surface area (Å²) in [4.78, 5) is 10.2. The van der Waals surface area contributed by atoms with Gasteiger partial charge in [-0.05, 0) is 13.8 Å². The minimum atomic E-state index is -0.534. The zero-order valence-corrected chi connectivity index (χ0v) is 8.83. The average Bonchev–Trinajstić information content (AvgIpc) is 2.16. The van der Waals surface area contributed by atoms with E-state index in [0.717, 1.165) is 0 Å². The van der Waals surface area contributed by atoms with Crippen LogP contribution >= 0.6 is 0 Å². The Hall–Kier alpha value is -1.98. The van der Waals surface area contributed by atoms with E-state index in [1.165, 1.54) is 7.11 Å². The highest BCUT2D eigenvalue weighted by Gasteiger charge is 2.24. The van der Waals surface area contributed by atoms with Crippen LogP contribution < -0.4 is 16.2 Å². The van der Waals surface area contributed by atoms with Gasteiger partial charge in [-0.3, -0.25) is 10.1 Å². The zero-order valence-electron chi connectivity index (χ0n) is 8.83. The van der Waals surface area contributed by atoms with Gasteiger partial charge in [0, 0.05) is 5.56 Å². The van der Waals surface area contributed by atoms with Crippen molar-refractivity contribution >= 4 is 17.1 Å². The molecule has 6 nitrogen and oxygen atoms in total. The van der Waals surface area contributed by atoms with Crippen molar-refractivity contribution in [1.29, 1.82) is 0 Å². The Morgan fingerprint density at radius 3 is 2.13 bits per heavy atom. The van der Waals surface area contributed by atoms with Crippen LogP contribution in [0.3, 0.4) is 0 Å². The lowest BCUT2D eigenvalue weighted by Gasteiger charge is -2.13. The van der Waals surface area contributed by atoms with E-state index in [4.69, 9.17) is 16.2 Å². The molecule has 0 fully saturated rings. The molecule has 0 heterocycles. The molecule has 0 amide bonds. The number of nitro groups is 1. The van der Waals surface area contributed by atoms with Crippen LogP contribution in [0, 0.1) is 24.0 Å². The molecule has 1 aromatic carbocycles. The molecule has 0 spiro atoms. The maximum absolute atomic E-state index is 10.8. The van der Waals surface area contributed by atoms with E-state index in [1.54, 1.807) is 13.8 Å².